The minimum atomic E-state index is 0.149. The minimum Gasteiger partial charge on any atom is -0.460 e. The molecular formula is C32H39N5O4. The van der Waals surface area contributed by atoms with Crippen LogP contribution in [0.25, 0.3) is 22.5 Å². The van der Waals surface area contributed by atoms with E-state index in [-0.39, 0.29) is 11.8 Å². The number of rotatable bonds is 8. The number of piperazine rings is 1. The molecule has 2 saturated heterocycles. The van der Waals surface area contributed by atoms with Crippen molar-refractivity contribution in [3.8, 4) is 22.5 Å². The first kappa shape index (κ1) is 27.6. The van der Waals surface area contributed by atoms with Gasteiger partial charge in [-0.15, -0.1) is 0 Å². The second-order valence-corrected chi connectivity index (χ2v) is 11.3. The molecule has 9 heteroatoms. The van der Waals surface area contributed by atoms with Crippen molar-refractivity contribution in [3.63, 3.8) is 0 Å². The van der Waals surface area contributed by atoms with Gasteiger partial charge in [-0.1, -0.05) is 23.4 Å². The van der Waals surface area contributed by atoms with Crippen LogP contribution in [0.3, 0.4) is 0 Å². The number of fused-ring (bicyclic) bond motifs is 1. The van der Waals surface area contributed by atoms with E-state index in [0.717, 1.165) is 111 Å². The third-order valence-electron chi connectivity index (χ3n) is 8.78. The fraction of sp³-hybridized carbons (Fsp3) is 0.469. The molecule has 0 saturated carbocycles. The Hall–Kier alpha value is -3.53. The van der Waals surface area contributed by atoms with Crippen molar-refractivity contribution in [3.05, 3.63) is 65.7 Å². The topological polar surface area (TPSA) is 94.6 Å². The van der Waals surface area contributed by atoms with E-state index in [4.69, 9.17) is 9.15 Å². The molecule has 2 aromatic heterocycles. The number of nitrogens with zero attached hydrogens (tertiary/aromatic N) is 5. The normalized spacial score (nSPS) is 21.0. The monoisotopic (exact) mass is 557 g/mol. The van der Waals surface area contributed by atoms with E-state index < -0.39 is 0 Å². The number of aromatic nitrogens is 1. The van der Waals surface area contributed by atoms with Gasteiger partial charge in [0, 0.05) is 87.9 Å². The molecule has 1 amide bonds. The number of hydrogen-bond donors (Lipinski definition) is 1. The number of hydrogen-bond acceptors (Lipinski definition) is 8. The van der Waals surface area contributed by atoms with Gasteiger partial charge in [-0.25, -0.2) is 0 Å². The maximum absolute atomic E-state index is 13.4. The standard InChI is InChI=1S/C32H39N5O4/c1-40-18-17-35-13-15-36(16-14-35)22-31(38)37-12-2-3-26(21-37)30-20-28(32(41-30)23-8-10-33-11-9-23)25-4-6-27-24(19-25)5-7-29(27)34-39/h4,6,8-11,19-20,26,39H,2-3,5,7,12-18,21-22H2,1H3/b34-29+. The molecule has 1 unspecified atom stereocenters. The van der Waals surface area contributed by atoms with Crippen LogP contribution in [0, 0.1) is 0 Å². The first-order valence-electron chi connectivity index (χ1n) is 14.7. The second kappa shape index (κ2) is 12.5. The Labute approximate surface area is 241 Å². The number of oxime groups is 1. The zero-order valence-electron chi connectivity index (χ0n) is 23.8. The highest BCUT2D eigenvalue weighted by Crippen LogP contribution is 2.40. The lowest BCUT2D eigenvalue weighted by Gasteiger charge is -2.37. The molecule has 3 aromatic rings. The van der Waals surface area contributed by atoms with Gasteiger partial charge in [-0.2, -0.15) is 0 Å². The van der Waals surface area contributed by atoms with Crippen LogP contribution < -0.4 is 0 Å². The molecule has 0 bridgehead atoms. The first-order chi connectivity index (χ1) is 20.1. The number of methoxy groups -OCH3 is 1. The van der Waals surface area contributed by atoms with Crippen LogP contribution in [0.4, 0.5) is 0 Å². The summed E-state index contributed by atoms with van der Waals surface area (Å²) in [4.78, 5) is 24.3. The number of piperidine rings is 1. The van der Waals surface area contributed by atoms with E-state index in [1.165, 1.54) is 5.56 Å². The van der Waals surface area contributed by atoms with Crippen LogP contribution in [0.2, 0.25) is 0 Å². The molecule has 0 spiro atoms. The van der Waals surface area contributed by atoms with Gasteiger partial charge < -0.3 is 19.3 Å². The highest BCUT2D eigenvalue weighted by Gasteiger charge is 2.30. The Morgan fingerprint density at radius 2 is 1.83 bits per heavy atom. The smallest absolute Gasteiger partial charge is 0.236 e. The molecule has 41 heavy (non-hydrogen) atoms. The summed E-state index contributed by atoms with van der Waals surface area (Å²) in [7, 11) is 1.74. The maximum Gasteiger partial charge on any atom is 0.236 e. The summed E-state index contributed by atoms with van der Waals surface area (Å²) < 4.78 is 11.8. The van der Waals surface area contributed by atoms with Gasteiger partial charge in [-0.3, -0.25) is 19.6 Å². The van der Waals surface area contributed by atoms with Crippen molar-refractivity contribution >= 4 is 11.6 Å². The lowest BCUT2D eigenvalue weighted by Crippen LogP contribution is -2.51. The molecule has 4 heterocycles. The number of carbonyl (C=O) groups is 1. The molecule has 2 fully saturated rings. The number of furan rings is 1. The second-order valence-electron chi connectivity index (χ2n) is 11.3. The molecule has 1 atom stereocenters. The van der Waals surface area contributed by atoms with Crippen LogP contribution >= 0.6 is 0 Å². The predicted octanol–water partition coefficient (Wildman–Crippen LogP) is 4.10. The Kier molecular flexibility index (Phi) is 8.46. The van der Waals surface area contributed by atoms with E-state index in [0.29, 0.717) is 13.1 Å². The number of carbonyl (C=O) groups excluding carboxylic acids is 1. The summed E-state index contributed by atoms with van der Waals surface area (Å²) in [5, 5.41) is 12.8. The summed E-state index contributed by atoms with van der Waals surface area (Å²) in [6.45, 7) is 7.42. The average molecular weight is 558 g/mol. The van der Waals surface area contributed by atoms with Gasteiger partial charge in [0.2, 0.25) is 5.91 Å². The van der Waals surface area contributed by atoms with Crippen molar-refractivity contribution in [1.29, 1.82) is 0 Å². The predicted molar refractivity (Wildman–Crippen MR) is 157 cm³/mol. The molecule has 6 rings (SSSR count). The van der Waals surface area contributed by atoms with E-state index in [2.05, 4.69) is 38.1 Å². The highest BCUT2D eigenvalue weighted by atomic mass is 16.5. The molecule has 0 radical (unpaired) electrons. The van der Waals surface area contributed by atoms with Crippen molar-refractivity contribution in [1.82, 2.24) is 19.7 Å². The maximum atomic E-state index is 13.4. The van der Waals surface area contributed by atoms with E-state index in [1.54, 1.807) is 19.5 Å². The Morgan fingerprint density at radius 3 is 2.61 bits per heavy atom. The Balaban J connectivity index is 1.19. The number of ether oxygens (including phenoxy) is 1. The van der Waals surface area contributed by atoms with Gasteiger partial charge in [0.05, 0.1) is 18.9 Å². The molecular weight excluding hydrogens is 518 g/mol. The number of amides is 1. The van der Waals surface area contributed by atoms with Crippen molar-refractivity contribution in [2.45, 2.75) is 31.6 Å². The summed E-state index contributed by atoms with van der Waals surface area (Å²) in [5.74, 6) is 2.11. The van der Waals surface area contributed by atoms with E-state index in [1.807, 2.05) is 23.1 Å². The molecule has 9 nitrogen and oxygen atoms in total. The third-order valence-corrected chi connectivity index (χ3v) is 8.78. The van der Waals surface area contributed by atoms with Crippen LogP contribution in [0.5, 0.6) is 0 Å². The zero-order valence-corrected chi connectivity index (χ0v) is 23.8. The van der Waals surface area contributed by atoms with E-state index in [9.17, 15) is 10.0 Å². The molecule has 216 valence electrons. The van der Waals surface area contributed by atoms with Crippen LogP contribution in [-0.2, 0) is 16.0 Å². The molecule has 2 aliphatic heterocycles. The molecule has 1 N–H and O–H groups in total. The fourth-order valence-corrected chi connectivity index (χ4v) is 6.40. The number of likely N-dealkylation sites (tertiary alicyclic amines) is 1. The summed E-state index contributed by atoms with van der Waals surface area (Å²) in [6, 6.07) is 12.4. The summed E-state index contributed by atoms with van der Waals surface area (Å²) in [6.07, 6.45) is 7.13. The van der Waals surface area contributed by atoms with Crippen LogP contribution in [0.1, 0.15) is 42.1 Å². The first-order valence-corrected chi connectivity index (χ1v) is 14.7. The van der Waals surface area contributed by atoms with Gasteiger partial charge in [-0.05, 0) is 55.0 Å². The van der Waals surface area contributed by atoms with Gasteiger partial charge in [0.1, 0.15) is 11.5 Å². The van der Waals surface area contributed by atoms with Crippen LogP contribution in [-0.4, -0.2) is 103 Å². The van der Waals surface area contributed by atoms with Crippen molar-refractivity contribution in [2.24, 2.45) is 5.16 Å². The molecule has 3 aliphatic rings. The SMILES string of the molecule is COCCN1CCN(CC(=O)N2CCCC(c3cc(-c4ccc5c(c4)CC/C5=N\O)c(-c4ccncc4)o3)C2)CC1. The number of pyridine rings is 1. The summed E-state index contributed by atoms with van der Waals surface area (Å²) >= 11 is 0. The van der Waals surface area contributed by atoms with Crippen LogP contribution in [0.15, 0.2) is 58.4 Å². The van der Waals surface area contributed by atoms with Gasteiger partial charge in [0.25, 0.3) is 0 Å². The zero-order chi connectivity index (χ0) is 28.2. The third kappa shape index (κ3) is 6.07. The molecule has 1 aromatic carbocycles. The van der Waals surface area contributed by atoms with Gasteiger partial charge in [0.15, 0.2) is 0 Å². The van der Waals surface area contributed by atoms with E-state index >= 15 is 0 Å². The number of benzene rings is 1. The Morgan fingerprint density at radius 1 is 1.02 bits per heavy atom. The quantitative estimate of drug-likeness (QED) is 0.329. The van der Waals surface area contributed by atoms with Crippen molar-refractivity contribution < 1.29 is 19.2 Å². The fourth-order valence-electron chi connectivity index (χ4n) is 6.40. The lowest BCUT2D eigenvalue weighted by atomic mass is 9.93. The van der Waals surface area contributed by atoms with Crippen molar-refractivity contribution in [2.75, 3.05) is 66.1 Å². The average Bonchev–Trinajstić information content (AvgIpc) is 3.66. The lowest BCUT2D eigenvalue weighted by molar-refractivity contribution is -0.134. The van der Waals surface area contributed by atoms with Gasteiger partial charge >= 0.3 is 0 Å². The molecule has 1 aliphatic carbocycles. The minimum absolute atomic E-state index is 0.149. The largest absolute Gasteiger partial charge is 0.460 e. The Bertz CT molecular complexity index is 1380. The summed E-state index contributed by atoms with van der Waals surface area (Å²) in [5.41, 5.74) is 6.05. The highest BCUT2D eigenvalue weighted by molar-refractivity contribution is 6.04. The number of aryl methyl sites for hydroxylation is 1.